The largest absolute Gasteiger partial charge is 0.271 e. The molecule has 0 radical (unpaired) electrons. The number of nitrogens with zero attached hydrogens (tertiary/aromatic N) is 1. The molecule has 1 unspecified atom stereocenters. The van der Waals surface area contributed by atoms with Crippen LogP contribution in [0.15, 0.2) is 48.8 Å². The van der Waals surface area contributed by atoms with Crippen molar-refractivity contribution in [2.45, 2.75) is 13.0 Å². The van der Waals surface area contributed by atoms with E-state index >= 15 is 0 Å². The summed E-state index contributed by atoms with van der Waals surface area (Å²) in [6.07, 6.45) is 3.77. The molecule has 0 aliphatic carbocycles. The molecule has 3 aromatic rings. The summed E-state index contributed by atoms with van der Waals surface area (Å²) in [6, 6.07) is 12.5. The third-order valence-electron chi connectivity index (χ3n) is 3.22. The molecule has 0 amide bonds. The first-order valence-electron chi connectivity index (χ1n) is 6.14. The molecule has 3 rings (SSSR count). The van der Waals surface area contributed by atoms with Gasteiger partial charge in [0.2, 0.25) is 0 Å². The van der Waals surface area contributed by atoms with Crippen LogP contribution >= 0.6 is 11.3 Å². The van der Waals surface area contributed by atoms with E-state index < -0.39 is 0 Å². The fourth-order valence-electron chi connectivity index (χ4n) is 2.30. The lowest BCUT2D eigenvalue weighted by molar-refractivity contribution is 0.648. The summed E-state index contributed by atoms with van der Waals surface area (Å²) < 4.78 is 0. The SMILES string of the molecule is Cc1ccc(C(NN)c2cncc3ccccc23)s1. The predicted molar refractivity (Wildman–Crippen MR) is 80.0 cm³/mol. The number of benzene rings is 1. The van der Waals surface area contributed by atoms with Gasteiger partial charge in [-0.15, -0.1) is 11.3 Å². The van der Waals surface area contributed by atoms with Gasteiger partial charge in [-0.25, -0.2) is 5.43 Å². The molecule has 0 fully saturated rings. The van der Waals surface area contributed by atoms with E-state index in [0.29, 0.717) is 0 Å². The van der Waals surface area contributed by atoms with Crippen LogP contribution in [0.3, 0.4) is 0 Å². The van der Waals surface area contributed by atoms with Gasteiger partial charge in [-0.3, -0.25) is 10.8 Å². The average molecular weight is 269 g/mol. The predicted octanol–water partition coefficient (Wildman–Crippen LogP) is 3.16. The Bertz CT molecular complexity index is 700. The van der Waals surface area contributed by atoms with Crippen molar-refractivity contribution in [3.8, 4) is 0 Å². The molecule has 4 heteroatoms. The molecule has 19 heavy (non-hydrogen) atoms. The average Bonchev–Trinajstić information content (AvgIpc) is 2.86. The third kappa shape index (κ3) is 2.26. The van der Waals surface area contributed by atoms with Crippen LogP contribution in [0.1, 0.15) is 21.4 Å². The van der Waals surface area contributed by atoms with E-state index in [9.17, 15) is 0 Å². The van der Waals surface area contributed by atoms with Gasteiger partial charge in [0.05, 0.1) is 6.04 Å². The summed E-state index contributed by atoms with van der Waals surface area (Å²) in [4.78, 5) is 6.81. The normalized spacial score (nSPS) is 12.7. The minimum atomic E-state index is -0.0164. The zero-order valence-electron chi connectivity index (χ0n) is 10.6. The van der Waals surface area contributed by atoms with Crippen LogP contribution in [0, 0.1) is 6.92 Å². The molecule has 3 nitrogen and oxygen atoms in total. The molecule has 0 saturated heterocycles. The van der Waals surface area contributed by atoms with Crippen molar-refractivity contribution in [2.75, 3.05) is 0 Å². The Balaban J connectivity index is 2.16. The Hall–Kier alpha value is -1.75. The van der Waals surface area contributed by atoms with Gasteiger partial charge in [0.1, 0.15) is 0 Å². The monoisotopic (exact) mass is 269 g/mol. The van der Waals surface area contributed by atoms with Crippen molar-refractivity contribution in [3.05, 3.63) is 64.1 Å². The second kappa shape index (κ2) is 5.09. The second-order valence-electron chi connectivity index (χ2n) is 4.50. The summed E-state index contributed by atoms with van der Waals surface area (Å²) >= 11 is 1.75. The zero-order chi connectivity index (χ0) is 13.2. The van der Waals surface area contributed by atoms with Crippen molar-refractivity contribution in [1.29, 1.82) is 0 Å². The first-order chi connectivity index (χ1) is 9.29. The van der Waals surface area contributed by atoms with E-state index in [-0.39, 0.29) is 6.04 Å². The highest BCUT2D eigenvalue weighted by Crippen LogP contribution is 2.31. The highest BCUT2D eigenvalue weighted by Gasteiger charge is 2.17. The van der Waals surface area contributed by atoms with Crippen LogP contribution < -0.4 is 11.3 Å². The van der Waals surface area contributed by atoms with Gasteiger partial charge in [0, 0.05) is 33.1 Å². The maximum atomic E-state index is 5.77. The molecular weight excluding hydrogens is 254 g/mol. The minimum absolute atomic E-state index is 0.0164. The number of rotatable bonds is 3. The number of nitrogens with two attached hydrogens (primary N) is 1. The molecule has 0 aliphatic heterocycles. The van der Waals surface area contributed by atoms with E-state index in [1.807, 2.05) is 24.5 Å². The summed E-state index contributed by atoms with van der Waals surface area (Å²) in [5.41, 5.74) is 4.02. The fraction of sp³-hybridized carbons (Fsp3) is 0.133. The molecule has 2 aromatic heterocycles. The van der Waals surface area contributed by atoms with Crippen LogP contribution in [0.2, 0.25) is 0 Å². The number of aromatic nitrogens is 1. The lowest BCUT2D eigenvalue weighted by Gasteiger charge is -2.16. The molecular formula is C15H15N3S. The number of pyridine rings is 1. The second-order valence-corrected chi connectivity index (χ2v) is 5.82. The van der Waals surface area contributed by atoms with E-state index in [2.05, 4.69) is 41.6 Å². The van der Waals surface area contributed by atoms with Crippen molar-refractivity contribution in [2.24, 2.45) is 5.84 Å². The van der Waals surface area contributed by atoms with Crippen LogP contribution in [0.5, 0.6) is 0 Å². The quantitative estimate of drug-likeness (QED) is 0.567. The van der Waals surface area contributed by atoms with Crippen molar-refractivity contribution < 1.29 is 0 Å². The number of thiophene rings is 1. The summed E-state index contributed by atoms with van der Waals surface area (Å²) in [7, 11) is 0. The first-order valence-corrected chi connectivity index (χ1v) is 6.96. The summed E-state index contributed by atoms with van der Waals surface area (Å²) in [5.74, 6) is 5.77. The van der Waals surface area contributed by atoms with E-state index in [1.165, 1.54) is 15.1 Å². The Labute approximate surface area is 116 Å². The number of hydrazine groups is 1. The Morgan fingerprint density at radius 1 is 1.16 bits per heavy atom. The van der Waals surface area contributed by atoms with Gasteiger partial charge < -0.3 is 0 Å². The molecule has 0 bridgehead atoms. The Kier molecular flexibility index (Phi) is 3.29. The first kappa shape index (κ1) is 12.3. The van der Waals surface area contributed by atoms with E-state index in [1.54, 1.807) is 11.3 Å². The molecule has 96 valence electrons. The maximum absolute atomic E-state index is 5.77. The molecule has 1 aromatic carbocycles. The van der Waals surface area contributed by atoms with Crippen molar-refractivity contribution in [1.82, 2.24) is 10.4 Å². The van der Waals surface area contributed by atoms with Crippen molar-refractivity contribution in [3.63, 3.8) is 0 Å². The topological polar surface area (TPSA) is 50.9 Å². The van der Waals surface area contributed by atoms with Gasteiger partial charge in [0.25, 0.3) is 0 Å². The highest BCUT2D eigenvalue weighted by molar-refractivity contribution is 7.12. The zero-order valence-corrected chi connectivity index (χ0v) is 11.4. The Morgan fingerprint density at radius 3 is 2.74 bits per heavy atom. The van der Waals surface area contributed by atoms with Gasteiger partial charge in [-0.2, -0.15) is 0 Å². The van der Waals surface area contributed by atoms with Crippen LogP contribution in [-0.2, 0) is 0 Å². The Morgan fingerprint density at radius 2 is 2.00 bits per heavy atom. The molecule has 0 saturated carbocycles. The van der Waals surface area contributed by atoms with E-state index in [0.717, 1.165) is 10.9 Å². The van der Waals surface area contributed by atoms with E-state index in [4.69, 9.17) is 5.84 Å². The van der Waals surface area contributed by atoms with Gasteiger partial charge in [-0.1, -0.05) is 24.3 Å². The number of fused-ring (bicyclic) bond motifs is 1. The van der Waals surface area contributed by atoms with Crippen LogP contribution in [-0.4, -0.2) is 4.98 Å². The minimum Gasteiger partial charge on any atom is -0.271 e. The van der Waals surface area contributed by atoms with Gasteiger partial charge in [-0.05, 0) is 24.4 Å². The molecule has 3 N–H and O–H groups in total. The third-order valence-corrected chi connectivity index (χ3v) is 4.29. The lowest BCUT2D eigenvalue weighted by Crippen LogP contribution is -2.28. The number of aryl methyl sites for hydroxylation is 1. The van der Waals surface area contributed by atoms with Crippen molar-refractivity contribution >= 4 is 22.1 Å². The summed E-state index contributed by atoms with van der Waals surface area (Å²) in [5, 5.41) is 2.32. The number of hydrogen-bond acceptors (Lipinski definition) is 4. The summed E-state index contributed by atoms with van der Waals surface area (Å²) in [6.45, 7) is 2.10. The fourth-order valence-corrected chi connectivity index (χ4v) is 3.26. The molecule has 0 aliphatic rings. The highest BCUT2D eigenvalue weighted by atomic mass is 32.1. The van der Waals surface area contributed by atoms with Crippen LogP contribution in [0.25, 0.3) is 10.8 Å². The molecule has 0 spiro atoms. The number of hydrogen-bond donors (Lipinski definition) is 2. The van der Waals surface area contributed by atoms with Gasteiger partial charge in [0.15, 0.2) is 0 Å². The van der Waals surface area contributed by atoms with Crippen LogP contribution in [0.4, 0.5) is 0 Å². The molecule has 2 heterocycles. The molecule has 1 atom stereocenters. The lowest BCUT2D eigenvalue weighted by atomic mass is 10.0. The van der Waals surface area contributed by atoms with Gasteiger partial charge >= 0.3 is 0 Å². The standard InChI is InChI=1S/C15H15N3S/c1-10-6-7-14(19-10)15(18-16)13-9-17-8-11-4-2-3-5-12(11)13/h2-9,15,18H,16H2,1H3. The smallest absolute Gasteiger partial charge is 0.0823 e. The maximum Gasteiger partial charge on any atom is 0.0823 e. The number of nitrogens with one attached hydrogen (secondary N) is 1.